The van der Waals surface area contributed by atoms with Crippen LogP contribution in [0.25, 0.3) is 0 Å². The van der Waals surface area contributed by atoms with E-state index in [4.69, 9.17) is 27.9 Å². The lowest BCUT2D eigenvalue weighted by molar-refractivity contribution is -0.123. The van der Waals surface area contributed by atoms with Crippen molar-refractivity contribution in [2.24, 2.45) is 5.10 Å². The molecule has 4 nitrogen and oxygen atoms in total. The summed E-state index contributed by atoms with van der Waals surface area (Å²) in [4.78, 5) is 11.8. The van der Waals surface area contributed by atoms with Crippen LogP contribution in [-0.4, -0.2) is 18.7 Å². The minimum atomic E-state index is -0.374. The second-order valence-electron chi connectivity index (χ2n) is 5.59. The first-order chi connectivity index (χ1) is 11.9. The van der Waals surface area contributed by atoms with Crippen molar-refractivity contribution in [2.75, 3.05) is 6.61 Å². The van der Waals surface area contributed by atoms with Crippen molar-refractivity contribution in [3.8, 4) is 5.75 Å². The molecule has 2 aromatic carbocycles. The van der Waals surface area contributed by atoms with Crippen molar-refractivity contribution in [1.82, 2.24) is 5.43 Å². The van der Waals surface area contributed by atoms with E-state index in [-0.39, 0.29) is 12.5 Å². The summed E-state index contributed by atoms with van der Waals surface area (Å²) in [5, 5.41) is 4.85. The average molecular weight is 444 g/mol. The molecular weight excluding hydrogens is 427 g/mol. The molecule has 0 unspecified atom stereocenters. The van der Waals surface area contributed by atoms with Gasteiger partial charge in [-0.2, -0.15) is 5.10 Å². The number of nitrogens with zero attached hydrogens (tertiary/aromatic N) is 1. The van der Waals surface area contributed by atoms with Crippen molar-refractivity contribution in [3.05, 3.63) is 62.0 Å². The first-order valence-corrected chi connectivity index (χ1v) is 9.11. The van der Waals surface area contributed by atoms with Gasteiger partial charge in [-0.15, -0.1) is 0 Å². The van der Waals surface area contributed by atoms with E-state index >= 15 is 0 Å². The Morgan fingerprint density at radius 1 is 1.28 bits per heavy atom. The van der Waals surface area contributed by atoms with Gasteiger partial charge in [0.25, 0.3) is 5.91 Å². The van der Waals surface area contributed by atoms with Gasteiger partial charge in [0, 0.05) is 10.6 Å². The normalized spacial score (nSPS) is 11.1. The zero-order chi connectivity index (χ0) is 18.4. The molecule has 0 atom stereocenters. The Labute approximate surface area is 165 Å². The van der Waals surface area contributed by atoms with Gasteiger partial charge in [0.15, 0.2) is 6.61 Å². The highest BCUT2D eigenvalue weighted by molar-refractivity contribution is 9.10. The van der Waals surface area contributed by atoms with Crippen LogP contribution in [0.3, 0.4) is 0 Å². The SMILES string of the molecule is CC(C)c1ccc(OCC(=O)N/N=C/c2ccc(Cl)cc2Cl)c(Br)c1. The molecule has 1 amide bonds. The van der Waals surface area contributed by atoms with E-state index in [9.17, 15) is 4.79 Å². The minimum Gasteiger partial charge on any atom is -0.483 e. The van der Waals surface area contributed by atoms with E-state index in [0.717, 1.165) is 4.47 Å². The summed E-state index contributed by atoms with van der Waals surface area (Å²) in [6.45, 7) is 4.08. The molecule has 132 valence electrons. The molecule has 2 rings (SSSR count). The van der Waals surface area contributed by atoms with Gasteiger partial charge in [0.05, 0.1) is 15.7 Å². The lowest BCUT2D eigenvalue weighted by atomic mass is 10.0. The summed E-state index contributed by atoms with van der Waals surface area (Å²) in [7, 11) is 0. The Hall–Kier alpha value is -1.56. The second-order valence-corrected chi connectivity index (χ2v) is 7.29. The standard InChI is InChI=1S/C18H17BrCl2N2O2/c1-11(2)12-4-6-17(15(19)7-12)25-10-18(24)23-22-9-13-3-5-14(20)8-16(13)21/h3-9,11H,10H2,1-2H3,(H,23,24)/b22-9+. The van der Waals surface area contributed by atoms with E-state index in [0.29, 0.717) is 27.3 Å². The highest BCUT2D eigenvalue weighted by Gasteiger charge is 2.07. The van der Waals surface area contributed by atoms with Crippen LogP contribution in [0.4, 0.5) is 0 Å². The highest BCUT2D eigenvalue weighted by atomic mass is 79.9. The predicted octanol–water partition coefficient (Wildman–Crippen LogP) is 5.41. The van der Waals surface area contributed by atoms with Crippen LogP contribution in [0.15, 0.2) is 46.0 Å². The van der Waals surface area contributed by atoms with Gasteiger partial charge in [-0.1, -0.05) is 49.2 Å². The smallest absolute Gasteiger partial charge is 0.277 e. The molecule has 0 saturated carbocycles. The Balaban J connectivity index is 1.87. The summed E-state index contributed by atoms with van der Waals surface area (Å²) in [5.41, 5.74) is 4.23. The largest absolute Gasteiger partial charge is 0.483 e. The fourth-order valence-electron chi connectivity index (χ4n) is 1.95. The van der Waals surface area contributed by atoms with Gasteiger partial charge in [0.2, 0.25) is 0 Å². The second kappa shape index (κ2) is 9.22. The molecule has 0 heterocycles. The molecule has 0 fully saturated rings. The number of hydrazone groups is 1. The summed E-state index contributed by atoms with van der Waals surface area (Å²) >= 11 is 15.3. The molecule has 1 N–H and O–H groups in total. The van der Waals surface area contributed by atoms with E-state index in [2.05, 4.69) is 40.3 Å². The molecular formula is C18H17BrCl2N2O2. The van der Waals surface area contributed by atoms with Gasteiger partial charge in [0.1, 0.15) is 5.75 Å². The fraction of sp³-hybridized carbons (Fsp3) is 0.222. The molecule has 0 aliphatic rings. The van der Waals surface area contributed by atoms with E-state index < -0.39 is 0 Å². The first kappa shape index (κ1) is 19.8. The lowest BCUT2D eigenvalue weighted by Crippen LogP contribution is -2.24. The van der Waals surface area contributed by atoms with Crippen LogP contribution in [0.5, 0.6) is 5.75 Å². The maximum atomic E-state index is 11.8. The maximum absolute atomic E-state index is 11.8. The van der Waals surface area contributed by atoms with Crippen molar-refractivity contribution >= 4 is 51.3 Å². The number of carbonyl (C=O) groups excluding carboxylic acids is 1. The summed E-state index contributed by atoms with van der Waals surface area (Å²) in [6.07, 6.45) is 1.45. The molecule has 0 aliphatic heterocycles. The number of benzene rings is 2. The number of ether oxygens (including phenoxy) is 1. The van der Waals surface area contributed by atoms with E-state index in [1.54, 1.807) is 18.2 Å². The molecule has 0 radical (unpaired) electrons. The van der Waals surface area contributed by atoms with E-state index in [1.165, 1.54) is 11.8 Å². The van der Waals surface area contributed by atoms with Crippen LogP contribution in [0.1, 0.15) is 30.9 Å². The number of rotatable bonds is 6. The van der Waals surface area contributed by atoms with Crippen LogP contribution < -0.4 is 10.2 Å². The minimum absolute atomic E-state index is 0.148. The van der Waals surface area contributed by atoms with Crippen LogP contribution >= 0.6 is 39.1 Å². The zero-order valence-corrected chi connectivity index (χ0v) is 16.8. The molecule has 0 saturated heterocycles. The number of amides is 1. The average Bonchev–Trinajstić information content (AvgIpc) is 2.55. The Kier molecular flexibility index (Phi) is 7.29. The van der Waals surface area contributed by atoms with Crippen LogP contribution in [0, 0.1) is 0 Å². The fourth-order valence-corrected chi connectivity index (χ4v) is 2.92. The van der Waals surface area contributed by atoms with Gasteiger partial charge in [-0.25, -0.2) is 5.43 Å². The third kappa shape index (κ3) is 6.03. The van der Waals surface area contributed by atoms with Gasteiger partial charge in [-0.3, -0.25) is 4.79 Å². The maximum Gasteiger partial charge on any atom is 0.277 e. The molecule has 7 heteroatoms. The van der Waals surface area contributed by atoms with Gasteiger partial charge >= 0.3 is 0 Å². The number of carbonyl (C=O) groups is 1. The first-order valence-electron chi connectivity index (χ1n) is 7.56. The topological polar surface area (TPSA) is 50.7 Å². The Bertz CT molecular complexity index is 795. The Morgan fingerprint density at radius 3 is 2.68 bits per heavy atom. The molecule has 2 aromatic rings. The van der Waals surface area contributed by atoms with Crippen molar-refractivity contribution in [1.29, 1.82) is 0 Å². The monoisotopic (exact) mass is 442 g/mol. The number of halogens is 3. The van der Waals surface area contributed by atoms with Crippen LogP contribution in [0.2, 0.25) is 10.0 Å². The summed E-state index contributed by atoms with van der Waals surface area (Å²) < 4.78 is 6.31. The molecule has 0 aliphatic carbocycles. The predicted molar refractivity (Wildman–Crippen MR) is 106 cm³/mol. The summed E-state index contributed by atoms with van der Waals surface area (Å²) in [5.74, 6) is 0.646. The number of hydrogen-bond acceptors (Lipinski definition) is 3. The highest BCUT2D eigenvalue weighted by Crippen LogP contribution is 2.28. The molecule has 0 bridgehead atoms. The van der Waals surface area contributed by atoms with Crippen molar-refractivity contribution in [3.63, 3.8) is 0 Å². The van der Waals surface area contributed by atoms with Gasteiger partial charge < -0.3 is 4.74 Å². The van der Waals surface area contributed by atoms with Crippen molar-refractivity contribution in [2.45, 2.75) is 19.8 Å². The third-order valence-corrected chi connectivity index (χ3v) is 4.52. The summed E-state index contributed by atoms with van der Waals surface area (Å²) in [6, 6.07) is 10.8. The van der Waals surface area contributed by atoms with Crippen molar-refractivity contribution < 1.29 is 9.53 Å². The third-order valence-electron chi connectivity index (χ3n) is 3.34. The number of hydrogen-bond donors (Lipinski definition) is 1. The molecule has 0 spiro atoms. The zero-order valence-electron chi connectivity index (χ0n) is 13.7. The van der Waals surface area contributed by atoms with Gasteiger partial charge in [-0.05, 0) is 51.7 Å². The van der Waals surface area contributed by atoms with Crippen LogP contribution in [-0.2, 0) is 4.79 Å². The number of nitrogens with one attached hydrogen (secondary N) is 1. The Morgan fingerprint density at radius 2 is 2.04 bits per heavy atom. The quantitative estimate of drug-likeness (QED) is 0.479. The lowest BCUT2D eigenvalue weighted by Gasteiger charge is -2.10. The molecule has 0 aromatic heterocycles. The molecule has 25 heavy (non-hydrogen) atoms. The van der Waals surface area contributed by atoms with E-state index in [1.807, 2.05) is 18.2 Å².